The third-order valence-electron chi connectivity index (χ3n) is 1.95. The van der Waals surface area contributed by atoms with E-state index in [2.05, 4.69) is 15.9 Å². The quantitative estimate of drug-likeness (QED) is 0.828. The normalized spacial score (nSPS) is 10.2. The van der Waals surface area contributed by atoms with Crippen molar-refractivity contribution in [3.05, 3.63) is 33.0 Å². The van der Waals surface area contributed by atoms with E-state index in [4.69, 9.17) is 5.11 Å². The van der Waals surface area contributed by atoms with E-state index in [1.807, 2.05) is 0 Å². The Morgan fingerprint density at radius 1 is 1.54 bits per heavy atom. The molecule has 0 heterocycles. The summed E-state index contributed by atoms with van der Waals surface area (Å²) < 4.78 is 13.1. The van der Waals surface area contributed by atoms with E-state index in [1.165, 1.54) is 6.07 Å². The first kappa shape index (κ1) is 10.2. The second-order valence-corrected chi connectivity index (χ2v) is 3.59. The molecule has 0 aromatic heterocycles. The van der Waals surface area contributed by atoms with Crippen LogP contribution in [0.4, 0.5) is 4.39 Å². The van der Waals surface area contributed by atoms with Crippen molar-refractivity contribution < 1.29 is 14.3 Å². The molecule has 4 heteroatoms. The predicted molar refractivity (Wildman–Crippen MR) is 50.5 cm³/mol. The molecule has 1 N–H and O–H groups in total. The van der Waals surface area contributed by atoms with Gasteiger partial charge in [0.15, 0.2) is 0 Å². The van der Waals surface area contributed by atoms with E-state index in [1.54, 1.807) is 13.8 Å². The van der Waals surface area contributed by atoms with E-state index in [9.17, 15) is 9.18 Å². The van der Waals surface area contributed by atoms with Gasteiger partial charge in [-0.05, 0) is 47.0 Å². The number of carboxylic acid groups (broad SMARTS) is 1. The zero-order valence-corrected chi connectivity index (χ0v) is 8.77. The average molecular weight is 247 g/mol. The largest absolute Gasteiger partial charge is 0.478 e. The van der Waals surface area contributed by atoms with Gasteiger partial charge in [0.2, 0.25) is 0 Å². The van der Waals surface area contributed by atoms with Gasteiger partial charge in [0.05, 0.1) is 10.0 Å². The van der Waals surface area contributed by atoms with Gasteiger partial charge >= 0.3 is 5.97 Å². The molecule has 2 nitrogen and oxygen atoms in total. The topological polar surface area (TPSA) is 37.3 Å². The van der Waals surface area contributed by atoms with Crippen molar-refractivity contribution >= 4 is 21.9 Å². The first-order valence-corrected chi connectivity index (χ1v) is 4.43. The van der Waals surface area contributed by atoms with Crippen molar-refractivity contribution in [3.8, 4) is 0 Å². The Balaban J connectivity index is 3.56. The third kappa shape index (κ3) is 1.72. The van der Waals surface area contributed by atoms with Crippen molar-refractivity contribution in [1.82, 2.24) is 0 Å². The monoisotopic (exact) mass is 246 g/mol. The molecule has 1 aromatic rings. The maximum atomic E-state index is 13.1. The van der Waals surface area contributed by atoms with E-state index < -0.39 is 11.8 Å². The minimum absolute atomic E-state index is 0.00231. The third-order valence-corrected chi connectivity index (χ3v) is 2.73. The Morgan fingerprint density at radius 2 is 2.08 bits per heavy atom. The van der Waals surface area contributed by atoms with Crippen LogP contribution in [0.2, 0.25) is 0 Å². The molecule has 70 valence electrons. The van der Waals surface area contributed by atoms with Crippen LogP contribution in [0, 0.1) is 19.7 Å². The molecular weight excluding hydrogens is 239 g/mol. The van der Waals surface area contributed by atoms with Gasteiger partial charge < -0.3 is 5.11 Å². The van der Waals surface area contributed by atoms with Crippen molar-refractivity contribution in [2.75, 3.05) is 0 Å². The number of aromatic carboxylic acids is 1. The Labute approximate surface area is 83.5 Å². The highest BCUT2D eigenvalue weighted by Crippen LogP contribution is 2.26. The maximum absolute atomic E-state index is 13.1. The van der Waals surface area contributed by atoms with Gasteiger partial charge in [-0.2, -0.15) is 0 Å². The maximum Gasteiger partial charge on any atom is 0.337 e. The van der Waals surface area contributed by atoms with Crippen LogP contribution in [0.15, 0.2) is 10.5 Å². The minimum Gasteiger partial charge on any atom is -0.478 e. The van der Waals surface area contributed by atoms with E-state index in [-0.39, 0.29) is 10.0 Å². The lowest BCUT2D eigenvalue weighted by atomic mass is 10.0. The predicted octanol–water partition coefficient (Wildman–Crippen LogP) is 2.90. The average Bonchev–Trinajstić information content (AvgIpc) is 2.01. The Morgan fingerprint density at radius 3 is 2.54 bits per heavy atom. The molecule has 0 unspecified atom stereocenters. The highest BCUT2D eigenvalue weighted by molar-refractivity contribution is 9.10. The fourth-order valence-electron chi connectivity index (χ4n) is 1.10. The van der Waals surface area contributed by atoms with Crippen LogP contribution < -0.4 is 0 Å². The molecule has 0 saturated carbocycles. The van der Waals surface area contributed by atoms with Crippen molar-refractivity contribution in [1.29, 1.82) is 0 Å². The highest BCUT2D eigenvalue weighted by atomic mass is 79.9. The van der Waals surface area contributed by atoms with E-state index >= 15 is 0 Å². The summed E-state index contributed by atoms with van der Waals surface area (Å²) in [6.07, 6.45) is 0. The minimum atomic E-state index is -1.12. The van der Waals surface area contributed by atoms with Crippen LogP contribution >= 0.6 is 15.9 Å². The summed E-state index contributed by atoms with van der Waals surface area (Å²) in [6, 6.07) is 1.31. The van der Waals surface area contributed by atoms with Crippen molar-refractivity contribution in [3.63, 3.8) is 0 Å². The van der Waals surface area contributed by atoms with Gasteiger partial charge in [0, 0.05) is 0 Å². The lowest BCUT2D eigenvalue weighted by Gasteiger charge is -2.07. The molecule has 0 spiro atoms. The van der Waals surface area contributed by atoms with Crippen LogP contribution in [-0.2, 0) is 0 Å². The van der Waals surface area contributed by atoms with Crippen molar-refractivity contribution in [2.24, 2.45) is 0 Å². The number of aryl methyl sites for hydroxylation is 1. The Bertz CT molecular complexity index is 348. The fraction of sp³-hybridized carbons (Fsp3) is 0.222. The molecule has 1 rings (SSSR count). The standard InChI is InChI=1S/C9H8BrFO2/c1-4-3-6(11)8(10)7(5(4)2)9(12)13/h3H,1-2H3,(H,12,13). The zero-order valence-electron chi connectivity index (χ0n) is 7.19. The van der Waals surface area contributed by atoms with Gasteiger partial charge in [-0.25, -0.2) is 9.18 Å². The van der Waals surface area contributed by atoms with E-state index in [0.29, 0.717) is 11.1 Å². The summed E-state index contributed by atoms with van der Waals surface area (Å²) in [5.41, 5.74) is 1.22. The molecule has 13 heavy (non-hydrogen) atoms. The second kappa shape index (κ2) is 3.46. The number of halogens is 2. The van der Waals surface area contributed by atoms with Crippen LogP contribution in [0.3, 0.4) is 0 Å². The SMILES string of the molecule is Cc1cc(F)c(Br)c(C(=O)O)c1C. The number of hydrogen-bond donors (Lipinski definition) is 1. The van der Waals surface area contributed by atoms with Gasteiger partial charge in [0.25, 0.3) is 0 Å². The second-order valence-electron chi connectivity index (χ2n) is 2.79. The Kier molecular flexibility index (Phi) is 2.71. The van der Waals surface area contributed by atoms with Crippen LogP contribution in [0.25, 0.3) is 0 Å². The number of hydrogen-bond acceptors (Lipinski definition) is 1. The van der Waals surface area contributed by atoms with Crippen LogP contribution in [0.5, 0.6) is 0 Å². The van der Waals surface area contributed by atoms with E-state index in [0.717, 1.165) is 0 Å². The Hall–Kier alpha value is -0.900. The summed E-state index contributed by atoms with van der Waals surface area (Å²) in [5.74, 6) is -1.66. The highest BCUT2D eigenvalue weighted by Gasteiger charge is 2.17. The molecule has 0 aliphatic carbocycles. The summed E-state index contributed by atoms with van der Waals surface area (Å²) in [4.78, 5) is 10.8. The molecule has 0 radical (unpaired) electrons. The lowest BCUT2D eigenvalue weighted by molar-refractivity contribution is 0.0694. The first-order chi connectivity index (χ1) is 5.95. The van der Waals surface area contributed by atoms with Crippen LogP contribution in [0.1, 0.15) is 21.5 Å². The summed E-state index contributed by atoms with van der Waals surface area (Å²) >= 11 is 2.91. The first-order valence-electron chi connectivity index (χ1n) is 3.63. The van der Waals surface area contributed by atoms with Crippen molar-refractivity contribution in [2.45, 2.75) is 13.8 Å². The molecule has 0 bridgehead atoms. The van der Waals surface area contributed by atoms with Crippen LogP contribution in [-0.4, -0.2) is 11.1 Å². The molecule has 0 saturated heterocycles. The molecule has 0 amide bonds. The summed E-state index contributed by atoms with van der Waals surface area (Å²) in [6.45, 7) is 3.33. The number of carbonyl (C=O) groups is 1. The molecule has 1 aromatic carbocycles. The fourth-order valence-corrected chi connectivity index (χ4v) is 1.68. The molecule has 0 aliphatic heterocycles. The molecule has 0 atom stereocenters. The lowest BCUT2D eigenvalue weighted by Crippen LogP contribution is -2.04. The number of rotatable bonds is 1. The van der Waals surface area contributed by atoms with Gasteiger partial charge in [-0.1, -0.05) is 0 Å². The molecule has 0 aliphatic rings. The van der Waals surface area contributed by atoms with Gasteiger partial charge in [-0.15, -0.1) is 0 Å². The summed E-state index contributed by atoms with van der Waals surface area (Å²) in [7, 11) is 0. The van der Waals surface area contributed by atoms with Gasteiger partial charge in [-0.3, -0.25) is 0 Å². The molecular formula is C9H8BrFO2. The smallest absolute Gasteiger partial charge is 0.337 e. The number of carboxylic acids is 1. The number of benzene rings is 1. The summed E-state index contributed by atoms with van der Waals surface area (Å²) in [5, 5.41) is 8.80. The zero-order chi connectivity index (χ0) is 10.2. The van der Waals surface area contributed by atoms with Gasteiger partial charge in [0.1, 0.15) is 5.82 Å². The molecule has 0 fully saturated rings.